The molecule has 0 unspecified atom stereocenters. The largest absolute Gasteiger partial charge is 0.493 e. The Morgan fingerprint density at radius 1 is 1.37 bits per heavy atom. The number of amidine groups is 1. The van der Waals surface area contributed by atoms with Crippen LogP contribution in [0.2, 0.25) is 0 Å². The van der Waals surface area contributed by atoms with Gasteiger partial charge in [0.05, 0.1) is 24.2 Å². The third-order valence-electron chi connectivity index (χ3n) is 4.08. The molecule has 1 aliphatic heterocycles. The van der Waals surface area contributed by atoms with Gasteiger partial charge in [0.15, 0.2) is 5.84 Å². The van der Waals surface area contributed by atoms with Gasteiger partial charge in [0.2, 0.25) is 0 Å². The van der Waals surface area contributed by atoms with Crippen LogP contribution in [0.25, 0.3) is 0 Å². The molecule has 0 atom stereocenters. The van der Waals surface area contributed by atoms with Crippen LogP contribution in [0.5, 0.6) is 5.75 Å². The molecule has 0 saturated heterocycles. The number of sulfonamides is 1. The number of amides is 1. The van der Waals surface area contributed by atoms with Gasteiger partial charge in [0.25, 0.3) is 15.9 Å². The molecule has 1 aliphatic rings. The minimum absolute atomic E-state index is 0.0879. The molecule has 30 heavy (non-hydrogen) atoms. The zero-order chi connectivity index (χ0) is 22.5. The fraction of sp³-hybridized carbons (Fsp3) is 0.368. The predicted octanol–water partition coefficient (Wildman–Crippen LogP) is 1.52. The zero-order valence-electron chi connectivity index (χ0n) is 17.5. The minimum Gasteiger partial charge on any atom is -0.493 e. The summed E-state index contributed by atoms with van der Waals surface area (Å²) in [5.74, 6) is -0.0194. The highest BCUT2D eigenvalue weighted by Crippen LogP contribution is 2.27. The van der Waals surface area contributed by atoms with Gasteiger partial charge >= 0.3 is 0 Å². The van der Waals surface area contributed by atoms with Gasteiger partial charge < -0.3 is 15.8 Å². The van der Waals surface area contributed by atoms with E-state index >= 15 is 0 Å². The Balaban J connectivity index is 2.67. The molecule has 164 valence electrons. The molecule has 2 rings (SSSR count). The number of carbonyl (C=O) groups excluding carboxylic acids is 1. The van der Waals surface area contributed by atoms with Gasteiger partial charge in [-0.2, -0.15) is 0 Å². The van der Waals surface area contributed by atoms with Crippen molar-refractivity contribution in [2.24, 2.45) is 10.8 Å². The maximum absolute atomic E-state index is 12.8. The molecular weight excluding hydrogens is 410 g/mol. The summed E-state index contributed by atoms with van der Waals surface area (Å²) >= 11 is 0. The van der Waals surface area contributed by atoms with Gasteiger partial charge in [-0.05, 0) is 38.5 Å². The van der Waals surface area contributed by atoms with Crippen molar-refractivity contribution in [3.05, 3.63) is 47.4 Å². The van der Waals surface area contributed by atoms with E-state index in [9.17, 15) is 13.2 Å². The molecule has 0 aliphatic carbocycles. The predicted molar refractivity (Wildman–Crippen MR) is 112 cm³/mol. The van der Waals surface area contributed by atoms with Crippen molar-refractivity contribution in [3.63, 3.8) is 0 Å². The smallest absolute Gasteiger partial charge is 0.277 e. The molecular formula is C19H27N5O5S. The van der Waals surface area contributed by atoms with Crippen LogP contribution >= 0.6 is 0 Å². The second-order valence-electron chi connectivity index (χ2n) is 6.44. The van der Waals surface area contributed by atoms with Crippen LogP contribution in [0.3, 0.4) is 0 Å². The minimum atomic E-state index is -3.94. The number of benzene rings is 1. The lowest BCUT2D eigenvalue weighted by Crippen LogP contribution is -2.44. The molecule has 1 amide bonds. The number of nitrogens with zero attached hydrogens (tertiary/aromatic N) is 2. The van der Waals surface area contributed by atoms with Gasteiger partial charge in [0.1, 0.15) is 11.4 Å². The van der Waals surface area contributed by atoms with E-state index in [2.05, 4.69) is 21.8 Å². The van der Waals surface area contributed by atoms with E-state index in [1.54, 1.807) is 13.8 Å². The van der Waals surface area contributed by atoms with Gasteiger partial charge in [-0.1, -0.05) is 24.8 Å². The van der Waals surface area contributed by atoms with Crippen molar-refractivity contribution in [1.82, 2.24) is 15.2 Å². The molecule has 1 heterocycles. The van der Waals surface area contributed by atoms with Crippen molar-refractivity contribution < 1.29 is 22.8 Å². The fourth-order valence-electron chi connectivity index (χ4n) is 2.83. The Kier molecular flexibility index (Phi) is 7.59. The Morgan fingerprint density at radius 2 is 2.07 bits per heavy atom. The number of carbonyl (C=O) groups is 1. The molecule has 0 aromatic heterocycles. The van der Waals surface area contributed by atoms with E-state index in [0.717, 1.165) is 6.42 Å². The van der Waals surface area contributed by atoms with E-state index in [-0.39, 0.29) is 27.7 Å². The number of hydrogen-bond donors (Lipinski definition) is 3. The number of nitrogens with two attached hydrogens (primary N) is 1. The molecule has 1 aromatic carbocycles. The summed E-state index contributed by atoms with van der Waals surface area (Å²) in [7, 11) is -2.74. The Labute approximate surface area is 176 Å². The lowest BCUT2D eigenvalue weighted by Gasteiger charge is -2.30. The second-order valence-corrected chi connectivity index (χ2v) is 8.09. The SMILES string of the molecule is C=C(CCC)N1N=C(c2cc(S(=O)(=O)NOC)ccc2OCC)NC(=O)/C1=C(\C)N. The van der Waals surface area contributed by atoms with Crippen LogP contribution in [0, 0.1) is 0 Å². The third kappa shape index (κ3) is 4.99. The summed E-state index contributed by atoms with van der Waals surface area (Å²) in [6, 6.07) is 4.20. The van der Waals surface area contributed by atoms with Crippen LogP contribution in [0.1, 0.15) is 39.2 Å². The van der Waals surface area contributed by atoms with E-state index < -0.39 is 15.9 Å². The fourth-order valence-corrected chi connectivity index (χ4v) is 3.66. The molecule has 0 fully saturated rings. The highest BCUT2D eigenvalue weighted by Gasteiger charge is 2.30. The number of hydrogen-bond acceptors (Lipinski definition) is 8. The highest BCUT2D eigenvalue weighted by molar-refractivity contribution is 7.89. The summed E-state index contributed by atoms with van der Waals surface area (Å²) in [6.07, 6.45) is 1.38. The standard InChI is InChI=1S/C19H27N5O5S/c1-6-8-12(3)24-17(13(4)20)19(25)21-18(22-24)15-11-14(30(26,27)23-28-5)9-10-16(15)29-7-2/h9-11,23H,3,6-8,20H2,1-2,4-5H3,(H,21,22,25)/b17-13-. The molecule has 0 saturated carbocycles. The van der Waals surface area contributed by atoms with Gasteiger partial charge in [-0.15, -0.1) is 5.10 Å². The second kappa shape index (κ2) is 9.74. The maximum Gasteiger partial charge on any atom is 0.277 e. The monoisotopic (exact) mass is 437 g/mol. The van der Waals surface area contributed by atoms with Crippen LogP contribution in [0.15, 0.2) is 51.9 Å². The van der Waals surface area contributed by atoms with E-state index in [1.165, 1.54) is 30.3 Å². The van der Waals surface area contributed by atoms with Crippen molar-refractivity contribution in [2.45, 2.75) is 38.5 Å². The van der Waals surface area contributed by atoms with Gasteiger partial charge in [0, 0.05) is 11.4 Å². The van der Waals surface area contributed by atoms with Crippen LogP contribution in [-0.4, -0.2) is 38.9 Å². The first-order chi connectivity index (χ1) is 14.2. The molecule has 1 aromatic rings. The maximum atomic E-state index is 12.8. The molecule has 11 heteroatoms. The summed E-state index contributed by atoms with van der Waals surface area (Å²) in [6.45, 7) is 9.69. The van der Waals surface area contributed by atoms with Crippen molar-refractivity contribution >= 4 is 21.8 Å². The lowest BCUT2D eigenvalue weighted by molar-refractivity contribution is -0.118. The first-order valence-corrected chi connectivity index (χ1v) is 10.8. The molecule has 4 N–H and O–H groups in total. The first kappa shape index (κ1) is 23.4. The summed E-state index contributed by atoms with van der Waals surface area (Å²) < 4.78 is 30.3. The zero-order valence-corrected chi connectivity index (χ0v) is 18.3. The number of rotatable bonds is 9. The number of allylic oxidation sites excluding steroid dienone is 2. The first-order valence-electron chi connectivity index (χ1n) is 9.32. The average molecular weight is 438 g/mol. The van der Waals surface area contributed by atoms with E-state index in [4.69, 9.17) is 10.5 Å². The summed E-state index contributed by atoms with van der Waals surface area (Å²) in [5.41, 5.74) is 7.20. The van der Waals surface area contributed by atoms with Crippen LogP contribution < -0.4 is 20.7 Å². The molecule has 0 spiro atoms. The number of hydrazone groups is 1. The Morgan fingerprint density at radius 3 is 2.63 bits per heavy atom. The Hall–Kier alpha value is -2.89. The molecule has 10 nitrogen and oxygen atoms in total. The van der Waals surface area contributed by atoms with E-state index in [1.807, 2.05) is 11.8 Å². The molecule has 0 radical (unpaired) electrons. The third-order valence-corrected chi connectivity index (χ3v) is 5.34. The van der Waals surface area contributed by atoms with Crippen LogP contribution in [-0.2, 0) is 19.7 Å². The van der Waals surface area contributed by atoms with Crippen LogP contribution in [0.4, 0.5) is 0 Å². The van der Waals surface area contributed by atoms with Crippen molar-refractivity contribution in [3.8, 4) is 5.75 Å². The van der Waals surface area contributed by atoms with Gasteiger partial charge in [-0.25, -0.2) is 13.4 Å². The topological polar surface area (TPSA) is 135 Å². The molecule has 0 bridgehead atoms. The number of ether oxygens (including phenoxy) is 1. The van der Waals surface area contributed by atoms with Crippen molar-refractivity contribution in [1.29, 1.82) is 0 Å². The lowest BCUT2D eigenvalue weighted by atomic mass is 10.1. The quantitative estimate of drug-likeness (QED) is 0.394. The summed E-state index contributed by atoms with van der Waals surface area (Å²) in [5, 5.41) is 8.54. The highest BCUT2D eigenvalue weighted by atomic mass is 32.2. The summed E-state index contributed by atoms with van der Waals surface area (Å²) in [4.78, 5) is 19.2. The van der Waals surface area contributed by atoms with Gasteiger partial charge in [-0.3, -0.25) is 9.63 Å². The average Bonchev–Trinajstić information content (AvgIpc) is 2.67. The van der Waals surface area contributed by atoms with Crippen molar-refractivity contribution in [2.75, 3.05) is 13.7 Å². The normalized spacial score (nSPS) is 16.1. The number of nitrogens with one attached hydrogen (secondary N) is 2. The Bertz CT molecular complexity index is 997. The van der Waals surface area contributed by atoms with E-state index in [0.29, 0.717) is 24.5 Å².